The summed E-state index contributed by atoms with van der Waals surface area (Å²) < 4.78 is 5.62. The fourth-order valence-electron chi connectivity index (χ4n) is 5.06. The second kappa shape index (κ2) is 12.5. The molecule has 8 nitrogen and oxygen atoms in total. The number of esters is 1. The number of nitro groups is 1. The number of nitrogens with one attached hydrogen (secondary N) is 2. The van der Waals surface area contributed by atoms with Crippen molar-refractivity contribution in [3.63, 3.8) is 0 Å². The summed E-state index contributed by atoms with van der Waals surface area (Å²) in [4.78, 5) is 38.3. The van der Waals surface area contributed by atoms with E-state index in [1.165, 1.54) is 6.07 Å². The molecule has 1 aliphatic carbocycles. The van der Waals surface area contributed by atoms with Crippen molar-refractivity contribution in [3.05, 3.63) is 62.5 Å². The first-order valence-corrected chi connectivity index (χ1v) is 12.7. The minimum absolute atomic E-state index is 0.0692. The average molecular weight is 484 g/mol. The molecule has 1 unspecified atom stereocenters. The van der Waals surface area contributed by atoms with Crippen LogP contribution in [0.2, 0.25) is 0 Å². The molecule has 1 fully saturated rings. The van der Waals surface area contributed by atoms with Crippen molar-refractivity contribution in [2.45, 2.75) is 90.5 Å². The van der Waals surface area contributed by atoms with E-state index in [1.54, 1.807) is 32.0 Å². The third-order valence-electron chi connectivity index (χ3n) is 6.84. The summed E-state index contributed by atoms with van der Waals surface area (Å²) in [5, 5.41) is 18.2. The molecule has 1 aliphatic heterocycles. The van der Waals surface area contributed by atoms with Crippen molar-refractivity contribution in [3.8, 4) is 0 Å². The van der Waals surface area contributed by atoms with E-state index >= 15 is 0 Å². The number of ether oxygens (including phenoxy) is 1. The molecular formula is C27H37N3O5. The molecule has 1 heterocycles. The van der Waals surface area contributed by atoms with Crippen LogP contribution < -0.4 is 10.6 Å². The Hall–Kier alpha value is -3.16. The molecular weight excluding hydrogens is 446 g/mol. The fraction of sp³-hybridized carbons (Fsp3) is 0.556. The number of hydrogen-bond donors (Lipinski definition) is 2. The van der Waals surface area contributed by atoms with Crippen molar-refractivity contribution < 1.29 is 19.2 Å². The number of hydrogen-bond acceptors (Lipinski definition) is 6. The van der Waals surface area contributed by atoms with Crippen LogP contribution in [0, 0.1) is 10.1 Å². The standard InChI is InChI=1S/C27H37N3O5/c1-4-5-6-7-12-17-35-27(32)24-19(3)28-18(2)23(26(31)29-20-13-8-9-14-20)25(24)21-15-10-11-16-22(21)30(33)34/h10-11,15-16,20,25,28H,4-9,12-14,17H2,1-3H3,(H,29,31). The van der Waals surface area contributed by atoms with E-state index in [0.717, 1.165) is 57.8 Å². The van der Waals surface area contributed by atoms with Gasteiger partial charge in [0, 0.05) is 34.6 Å². The molecule has 0 spiro atoms. The van der Waals surface area contributed by atoms with Crippen LogP contribution in [-0.4, -0.2) is 29.4 Å². The minimum atomic E-state index is -0.896. The van der Waals surface area contributed by atoms with Crippen molar-refractivity contribution in [2.24, 2.45) is 0 Å². The van der Waals surface area contributed by atoms with E-state index in [9.17, 15) is 19.7 Å². The number of dihydropyridines is 1. The van der Waals surface area contributed by atoms with Gasteiger partial charge in [-0.25, -0.2) is 4.79 Å². The van der Waals surface area contributed by atoms with Crippen molar-refractivity contribution in [1.29, 1.82) is 0 Å². The predicted octanol–water partition coefficient (Wildman–Crippen LogP) is 5.40. The summed E-state index contributed by atoms with van der Waals surface area (Å²) in [6, 6.07) is 6.38. The van der Waals surface area contributed by atoms with Gasteiger partial charge in [-0.05, 0) is 33.1 Å². The Morgan fingerprint density at radius 3 is 2.40 bits per heavy atom. The number of nitro benzene ring substituents is 1. The molecule has 8 heteroatoms. The summed E-state index contributed by atoms with van der Waals surface area (Å²) in [6.45, 7) is 5.93. The highest BCUT2D eigenvalue weighted by Crippen LogP contribution is 2.42. The maximum absolute atomic E-state index is 13.5. The van der Waals surface area contributed by atoms with E-state index in [0.29, 0.717) is 22.5 Å². The van der Waals surface area contributed by atoms with E-state index in [1.807, 2.05) is 0 Å². The van der Waals surface area contributed by atoms with E-state index < -0.39 is 16.8 Å². The first-order valence-electron chi connectivity index (χ1n) is 12.7. The van der Waals surface area contributed by atoms with Gasteiger partial charge in [-0.2, -0.15) is 0 Å². The molecule has 2 aliphatic rings. The summed E-state index contributed by atoms with van der Waals surface area (Å²) in [7, 11) is 0. The Bertz CT molecular complexity index is 1010. The zero-order chi connectivity index (χ0) is 25.4. The fourth-order valence-corrected chi connectivity index (χ4v) is 5.06. The monoisotopic (exact) mass is 483 g/mol. The molecule has 1 saturated carbocycles. The van der Waals surface area contributed by atoms with Crippen molar-refractivity contribution in [2.75, 3.05) is 6.61 Å². The van der Waals surface area contributed by atoms with Crippen LogP contribution in [0.15, 0.2) is 46.8 Å². The number of benzene rings is 1. The maximum Gasteiger partial charge on any atom is 0.336 e. The number of carbonyl (C=O) groups excluding carboxylic acids is 2. The molecule has 2 N–H and O–H groups in total. The Morgan fingerprint density at radius 2 is 1.71 bits per heavy atom. The summed E-state index contributed by atoms with van der Waals surface area (Å²) in [5.41, 5.74) is 1.87. The van der Waals surface area contributed by atoms with Gasteiger partial charge in [0.2, 0.25) is 5.91 Å². The number of rotatable bonds is 11. The van der Waals surface area contributed by atoms with Gasteiger partial charge in [-0.1, -0.05) is 63.6 Å². The van der Waals surface area contributed by atoms with Gasteiger partial charge >= 0.3 is 5.97 Å². The lowest BCUT2D eigenvalue weighted by Crippen LogP contribution is -2.40. The van der Waals surface area contributed by atoms with Crippen LogP contribution in [0.25, 0.3) is 0 Å². The maximum atomic E-state index is 13.5. The van der Waals surface area contributed by atoms with E-state index in [2.05, 4.69) is 17.6 Å². The molecule has 1 aromatic carbocycles. The van der Waals surface area contributed by atoms with Crippen LogP contribution in [0.5, 0.6) is 0 Å². The van der Waals surface area contributed by atoms with E-state index in [-0.39, 0.29) is 29.8 Å². The number of allylic oxidation sites excluding steroid dienone is 2. The van der Waals surface area contributed by atoms with Gasteiger partial charge in [0.1, 0.15) is 0 Å². The zero-order valence-corrected chi connectivity index (χ0v) is 21.0. The minimum Gasteiger partial charge on any atom is -0.462 e. The lowest BCUT2D eigenvalue weighted by Gasteiger charge is -2.31. The summed E-state index contributed by atoms with van der Waals surface area (Å²) in [5.74, 6) is -1.75. The van der Waals surface area contributed by atoms with Gasteiger partial charge in [0.15, 0.2) is 0 Å². The number of amides is 1. The summed E-state index contributed by atoms with van der Waals surface area (Å²) in [6.07, 6.45) is 9.02. The molecule has 35 heavy (non-hydrogen) atoms. The Balaban J connectivity index is 1.95. The smallest absolute Gasteiger partial charge is 0.336 e. The number of carbonyl (C=O) groups is 2. The highest BCUT2D eigenvalue weighted by atomic mass is 16.6. The number of nitrogens with zero attached hydrogens (tertiary/aromatic N) is 1. The lowest BCUT2D eigenvalue weighted by molar-refractivity contribution is -0.385. The molecule has 0 bridgehead atoms. The van der Waals surface area contributed by atoms with Crippen LogP contribution in [0.4, 0.5) is 5.69 Å². The number of unbranched alkanes of at least 4 members (excludes halogenated alkanes) is 4. The molecule has 1 atom stereocenters. The predicted molar refractivity (Wildman–Crippen MR) is 134 cm³/mol. The highest BCUT2D eigenvalue weighted by Gasteiger charge is 2.40. The Morgan fingerprint density at radius 1 is 1.06 bits per heavy atom. The molecule has 0 saturated heterocycles. The van der Waals surface area contributed by atoms with Crippen LogP contribution >= 0.6 is 0 Å². The second-order valence-corrected chi connectivity index (χ2v) is 9.46. The quantitative estimate of drug-likeness (QED) is 0.189. The van der Waals surface area contributed by atoms with Crippen LogP contribution in [0.1, 0.15) is 90.0 Å². The molecule has 190 valence electrons. The Kier molecular flexibility index (Phi) is 9.46. The molecule has 0 radical (unpaired) electrons. The van der Waals surface area contributed by atoms with Gasteiger partial charge < -0.3 is 15.4 Å². The zero-order valence-electron chi connectivity index (χ0n) is 21.0. The third-order valence-corrected chi connectivity index (χ3v) is 6.84. The third kappa shape index (κ3) is 6.50. The van der Waals surface area contributed by atoms with Crippen molar-refractivity contribution in [1.82, 2.24) is 10.6 Å². The topological polar surface area (TPSA) is 111 Å². The summed E-state index contributed by atoms with van der Waals surface area (Å²) >= 11 is 0. The van der Waals surface area contributed by atoms with Gasteiger partial charge in [-0.15, -0.1) is 0 Å². The molecule has 3 rings (SSSR count). The average Bonchev–Trinajstić information content (AvgIpc) is 3.33. The first-order chi connectivity index (χ1) is 16.8. The van der Waals surface area contributed by atoms with Crippen LogP contribution in [0.3, 0.4) is 0 Å². The largest absolute Gasteiger partial charge is 0.462 e. The SMILES string of the molecule is CCCCCCCOC(=O)C1=C(C)NC(C)=C(C(=O)NC2CCCC2)C1c1ccccc1[N+](=O)[O-]. The molecule has 1 aromatic rings. The van der Waals surface area contributed by atoms with Gasteiger partial charge in [-0.3, -0.25) is 14.9 Å². The highest BCUT2D eigenvalue weighted by molar-refractivity contribution is 6.02. The lowest BCUT2D eigenvalue weighted by atomic mass is 9.79. The van der Waals surface area contributed by atoms with Gasteiger partial charge in [0.25, 0.3) is 5.69 Å². The molecule has 1 amide bonds. The second-order valence-electron chi connectivity index (χ2n) is 9.46. The Labute approximate surface area is 207 Å². The normalized spacial score (nSPS) is 18.4. The van der Waals surface area contributed by atoms with E-state index in [4.69, 9.17) is 4.74 Å². The van der Waals surface area contributed by atoms with Gasteiger partial charge in [0.05, 0.1) is 23.0 Å². The number of para-hydroxylation sites is 1. The first kappa shape index (κ1) is 26.4. The van der Waals surface area contributed by atoms with Crippen molar-refractivity contribution >= 4 is 17.6 Å². The van der Waals surface area contributed by atoms with Crippen LogP contribution in [-0.2, 0) is 14.3 Å². The molecule has 0 aromatic heterocycles.